The molecule has 1 aliphatic rings. The Morgan fingerprint density at radius 3 is 2.71 bits per heavy atom. The first-order valence-corrected chi connectivity index (χ1v) is 12.2. The lowest BCUT2D eigenvalue weighted by atomic mass is 10.1. The molecule has 0 atom stereocenters. The van der Waals surface area contributed by atoms with Crippen LogP contribution in [-0.2, 0) is 11.2 Å². The minimum absolute atomic E-state index is 0.0176. The number of para-hydroxylation sites is 1. The summed E-state index contributed by atoms with van der Waals surface area (Å²) in [6.45, 7) is 3.80. The van der Waals surface area contributed by atoms with Gasteiger partial charge >= 0.3 is 0 Å². The molecule has 0 radical (unpaired) electrons. The second-order valence-corrected chi connectivity index (χ2v) is 9.74. The van der Waals surface area contributed by atoms with Crippen molar-refractivity contribution in [2.45, 2.75) is 50.4 Å². The standard InChI is InChI=1S/C22H25N5O2S2/c1-14(2)23-21(29)17-7-3-4-8-18(17)24-20(28)13-31-22-26-25-19(27(22)15-9-10-15)12-16-6-5-11-30-16/h3-8,11,14-15H,9-10,12-13H2,1-2H3,(H,23,29)(H,24,28). The van der Waals surface area contributed by atoms with E-state index in [-0.39, 0.29) is 23.6 Å². The smallest absolute Gasteiger partial charge is 0.253 e. The normalized spacial score (nSPS) is 13.4. The number of benzene rings is 1. The minimum atomic E-state index is -0.203. The number of nitrogens with one attached hydrogen (secondary N) is 2. The molecule has 1 aliphatic carbocycles. The van der Waals surface area contributed by atoms with Crippen LogP contribution in [0.4, 0.5) is 5.69 Å². The van der Waals surface area contributed by atoms with E-state index in [0.717, 1.165) is 30.2 Å². The fourth-order valence-corrected chi connectivity index (χ4v) is 4.77. The Hall–Kier alpha value is -2.65. The summed E-state index contributed by atoms with van der Waals surface area (Å²) < 4.78 is 2.18. The van der Waals surface area contributed by atoms with Crippen molar-refractivity contribution >= 4 is 40.6 Å². The molecule has 0 spiro atoms. The van der Waals surface area contributed by atoms with Crippen LogP contribution in [0.2, 0.25) is 0 Å². The molecule has 2 heterocycles. The molecule has 4 rings (SSSR count). The van der Waals surface area contributed by atoms with Crippen LogP contribution >= 0.6 is 23.1 Å². The number of anilines is 1. The van der Waals surface area contributed by atoms with Crippen LogP contribution in [0.1, 0.15) is 53.8 Å². The van der Waals surface area contributed by atoms with Crippen LogP contribution in [0, 0.1) is 0 Å². The fourth-order valence-electron chi connectivity index (χ4n) is 3.24. The van der Waals surface area contributed by atoms with Crippen molar-refractivity contribution in [1.82, 2.24) is 20.1 Å². The number of carbonyl (C=O) groups is 2. The highest BCUT2D eigenvalue weighted by molar-refractivity contribution is 7.99. The molecule has 3 aromatic rings. The minimum Gasteiger partial charge on any atom is -0.350 e. The summed E-state index contributed by atoms with van der Waals surface area (Å²) >= 11 is 3.09. The van der Waals surface area contributed by atoms with Gasteiger partial charge in [0.2, 0.25) is 5.91 Å². The number of thioether (sulfide) groups is 1. The summed E-state index contributed by atoms with van der Waals surface area (Å²) in [6.07, 6.45) is 2.99. The van der Waals surface area contributed by atoms with E-state index >= 15 is 0 Å². The molecule has 162 valence electrons. The molecule has 2 amide bonds. The molecular formula is C22H25N5O2S2. The molecule has 1 fully saturated rings. The van der Waals surface area contributed by atoms with Crippen molar-refractivity contribution < 1.29 is 9.59 Å². The number of aromatic nitrogens is 3. The van der Waals surface area contributed by atoms with Gasteiger partial charge in [-0.2, -0.15) is 0 Å². The zero-order valence-electron chi connectivity index (χ0n) is 17.5. The maximum absolute atomic E-state index is 12.6. The summed E-state index contributed by atoms with van der Waals surface area (Å²) in [5.41, 5.74) is 0.960. The van der Waals surface area contributed by atoms with Gasteiger partial charge in [0.1, 0.15) is 5.82 Å². The third-order valence-electron chi connectivity index (χ3n) is 4.76. The summed E-state index contributed by atoms with van der Waals surface area (Å²) in [4.78, 5) is 26.3. The van der Waals surface area contributed by atoms with Gasteiger partial charge in [-0.15, -0.1) is 21.5 Å². The van der Waals surface area contributed by atoms with Crippen LogP contribution in [0.5, 0.6) is 0 Å². The maximum Gasteiger partial charge on any atom is 0.253 e. The molecule has 2 N–H and O–H groups in total. The largest absolute Gasteiger partial charge is 0.350 e. The Morgan fingerprint density at radius 1 is 1.19 bits per heavy atom. The second kappa shape index (κ2) is 9.65. The first kappa shape index (κ1) is 21.6. The molecule has 1 aromatic carbocycles. The molecule has 9 heteroatoms. The third-order valence-corrected chi connectivity index (χ3v) is 6.58. The highest BCUT2D eigenvalue weighted by atomic mass is 32.2. The van der Waals surface area contributed by atoms with E-state index in [1.807, 2.05) is 19.9 Å². The van der Waals surface area contributed by atoms with E-state index < -0.39 is 0 Å². The highest BCUT2D eigenvalue weighted by Crippen LogP contribution is 2.39. The van der Waals surface area contributed by atoms with Crippen molar-refractivity contribution in [2.75, 3.05) is 11.1 Å². The van der Waals surface area contributed by atoms with Crippen LogP contribution in [0.25, 0.3) is 0 Å². The molecular weight excluding hydrogens is 430 g/mol. The van der Waals surface area contributed by atoms with Crippen molar-refractivity contribution in [3.05, 3.63) is 58.0 Å². The lowest BCUT2D eigenvalue weighted by Gasteiger charge is -2.13. The zero-order chi connectivity index (χ0) is 21.8. The third kappa shape index (κ3) is 5.54. The maximum atomic E-state index is 12.6. The predicted octanol–water partition coefficient (Wildman–Crippen LogP) is 4.13. The number of nitrogens with zero attached hydrogens (tertiary/aromatic N) is 3. The number of hydrogen-bond donors (Lipinski definition) is 2. The van der Waals surface area contributed by atoms with Crippen LogP contribution in [0.15, 0.2) is 46.9 Å². The van der Waals surface area contributed by atoms with Gasteiger partial charge in [-0.1, -0.05) is 30.0 Å². The van der Waals surface area contributed by atoms with Gasteiger partial charge in [0.25, 0.3) is 5.91 Å². The average molecular weight is 456 g/mol. The Morgan fingerprint density at radius 2 is 2.00 bits per heavy atom. The molecule has 7 nitrogen and oxygen atoms in total. The highest BCUT2D eigenvalue weighted by Gasteiger charge is 2.30. The van der Waals surface area contributed by atoms with Gasteiger partial charge in [0.15, 0.2) is 5.16 Å². The lowest BCUT2D eigenvalue weighted by Crippen LogP contribution is -2.31. The molecule has 0 bridgehead atoms. The number of rotatable bonds is 9. The van der Waals surface area contributed by atoms with Crippen molar-refractivity contribution in [3.63, 3.8) is 0 Å². The van der Waals surface area contributed by atoms with Crippen molar-refractivity contribution in [1.29, 1.82) is 0 Å². The topological polar surface area (TPSA) is 88.9 Å². The number of carbonyl (C=O) groups excluding carboxylic acids is 2. The summed E-state index contributed by atoms with van der Waals surface area (Å²) in [5, 5.41) is 17.3. The SMILES string of the molecule is CC(C)NC(=O)c1ccccc1NC(=O)CSc1nnc(Cc2cccs2)n1C1CC1. The average Bonchev–Trinajstić information content (AvgIpc) is 3.28. The number of thiophene rings is 1. The van der Waals surface area contributed by atoms with E-state index in [4.69, 9.17) is 0 Å². The Kier molecular flexibility index (Phi) is 6.72. The number of hydrogen-bond acceptors (Lipinski definition) is 6. The van der Waals surface area contributed by atoms with Crippen molar-refractivity contribution in [2.24, 2.45) is 0 Å². The van der Waals surface area contributed by atoms with E-state index in [2.05, 4.69) is 36.8 Å². The molecule has 2 aromatic heterocycles. The van der Waals surface area contributed by atoms with E-state index in [9.17, 15) is 9.59 Å². The van der Waals surface area contributed by atoms with Crippen LogP contribution in [0.3, 0.4) is 0 Å². The lowest BCUT2D eigenvalue weighted by molar-refractivity contribution is -0.113. The van der Waals surface area contributed by atoms with E-state index in [1.54, 1.807) is 35.6 Å². The first-order chi connectivity index (χ1) is 15.0. The second-order valence-electron chi connectivity index (χ2n) is 7.77. The Bertz CT molecular complexity index is 1060. The van der Waals surface area contributed by atoms with Gasteiger partial charge in [-0.25, -0.2) is 0 Å². The number of amides is 2. The molecule has 31 heavy (non-hydrogen) atoms. The predicted molar refractivity (Wildman–Crippen MR) is 124 cm³/mol. The first-order valence-electron chi connectivity index (χ1n) is 10.3. The molecule has 0 unspecified atom stereocenters. The van der Waals surface area contributed by atoms with Crippen LogP contribution in [-0.4, -0.2) is 38.4 Å². The molecule has 1 saturated carbocycles. The Balaban J connectivity index is 1.41. The van der Waals surface area contributed by atoms with Gasteiger partial charge < -0.3 is 15.2 Å². The van der Waals surface area contributed by atoms with E-state index in [1.165, 1.54) is 16.6 Å². The zero-order valence-corrected chi connectivity index (χ0v) is 19.1. The van der Waals surface area contributed by atoms with Crippen LogP contribution < -0.4 is 10.6 Å². The molecule has 0 saturated heterocycles. The van der Waals surface area contributed by atoms with Gasteiger partial charge in [-0.3, -0.25) is 9.59 Å². The summed E-state index contributed by atoms with van der Waals surface area (Å²) in [7, 11) is 0. The van der Waals surface area contributed by atoms with Crippen molar-refractivity contribution in [3.8, 4) is 0 Å². The van der Waals surface area contributed by atoms with E-state index in [0.29, 0.717) is 17.3 Å². The monoisotopic (exact) mass is 455 g/mol. The summed E-state index contributed by atoms with van der Waals surface area (Å²) in [6, 6.07) is 11.6. The quantitative estimate of drug-likeness (QED) is 0.474. The molecule has 0 aliphatic heterocycles. The summed E-state index contributed by atoms with van der Waals surface area (Å²) in [5.74, 6) is 0.762. The fraction of sp³-hybridized carbons (Fsp3) is 0.364. The van der Waals surface area contributed by atoms with Gasteiger partial charge in [0, 0.05) is 23.4 Å². The van der Waals surface area contributed by atoms with Gasteiger partial charge in [0.05, 0.1) is 17.0 Å². The Labute approximate surface area is 189 Å². The van der Waals surface area contributed by atoms with Gasteiger partial charge in [-0.05, 0) is 50.3 Å².